The summed E-state index contributed by atoms with van der Waals surface area (Å²) < 4.78 is 31.6. The van der Waals surface area contributed by atoms with Crippen LogP contribution in [-0.4, -0.2) is 24.5 Å². The maximum atomic E-state index is 15.5. The van der Waals surface area contributed by atoms with E-state index in [0.29, 0.717) is 28.9 Å². The number of halogens is 1. The van der Waals surface area contributed by atoms with Crippen molar-refractivity contribution in [3.05, 3.63) is 108 Å². The Bertz CT molecular complexity index is 1550. The van der Waals surface area contributed by atoms with Crippen molar-refractivity contribution in [3.8, 4) is 33.8 Å². The molecule has 0 heterocycles. The van der Waals surface area contributed by atoms with E-state index in [-0.39, 0.29) is 28.6 Å². The molecule has 3 aromatic rings. The van der Waals surface area contributed by atoms with Gasteiger partial charge in [-0.3, -0.25) is 0 Å². The van der Waals surface area contributed by atoms with Gasteiger partial charge in [0.1, 0.15) is 17.3 Å². The summed E-state index contributed by atoms with van der Waals surface area (Å²) in [5, 5.41) is 0. The van der Waals surface area contributed by atoms with Gasteiger partial charge in [0.15, 0.2) is 0 Å². The summed E-state index contributed by atoms with van der Waals surface area (Å²) in [5.74, 6) is -1.74. The van der Waals surface area contributed by atoms with Crippen molar-refractivity contribution < 1.29 is 33.0 Å². The van der Waals surface area contributed by atoms with E-state index in [1.54, 1.807) is 31.2 Å². The normalized spacial score (nSPS) is 13.6. The zero-order valence-corrected chi connectivity index (χ0v) is 23.3. The van der Waals surface area contributed by atoms with E-state index in [1.807, 2.05) is 18.2 Å². The third-order valence-electron chi connectivity index (χ3n) is 6.63. The SMILES string of the molecule is C=C(C)C(=O)OCC1Cc2ccc(-c3ccc(-c4cc(OC(=O)C(=C)C)cc(OC(=O)C(=C)C)c4)cc3F)cc2C1. The van der Waals surface area contributed by atoms with Crippen molar-refractivity contribution in [3.63, 3.8) is 0 Å². The van der Waals surface area contributed by atoms with Crippen LogP contribution in [0.4, 0.5) is 4.39 Å². The molecule has 0 aliphatic heterocycles. The van der Waals surface area contributed by atoms with Gasteiger partial charge in [0, 0.05) is 34.3 Å². The number of rotatable bonds is 9. The maximum Gasteiger partial charge on any atom is 0.338 e. The number of esters is 3. The van der Waals surface area contributed by atoms with Gasteiger partial charge in [-0.2, -0.15) is 0 Å². The largest absolute Gasteiger partial charge is 0.462 e. The molecule has 3 aromatic carbocycles. The van der Waals surface area contributed by atoms with Gasteiger partial charge in [-0.25, -0.2) is 18.8 Å². The summed E-state index contributed by atoms with van der Waals surface area (Å²) in [6.07, 6.45) is 1.51. The summed E-state index contributed by atoms with van der Waals surface area (Å²) in [7, 11) is 0. The quantitative estimate of drug-likeness (QED) is 0.162. The van der Waals surface area contributed by atoms with Gasteiger partial charge < -0.3 is 14.2 Å². The van der Waals surface area contributed by atoms with E-state index in [4.69, 9.17) is 14.2 Å². The Balaban J connectivity index is 1.59. The second kappa shape index (κ2) is 12.2. The number of hydrogen-bond donors (Lipinski definition) is 0. The van der Waals surface area contributed by atoms with Crippen LogP contribution in [0.1, 0.15) is 31.9 Å². The van der Waals surface area contributed by atoms with Crippen LogP contribution < -0.4 is 9.47 Å². The fourth-order valence-electron chi connectivity index (χ4n) is 4.48. The molecule has 6 nitrogen and oxygen atoms in total. The minimum absolute atomic E-state index is 0.117. The molecule has 0 saturated carbocycles. The molecule has 0 radical (unpaired) electrons. The van der Waals surface area contributed by atoms with Gasteiger partial charge >= 0.3 is 17.9 Å². The zero-order valence-electron chi connectivity index (χ0n) is 23.3. The average molecular weight is 555 g/mol. The standard InChI is InChI=1S/C34H31FO6/c1-19(2)32(36)39-18-22-11-23-7-8-25(13-26(23)12-22)30-10-9-24(16-31(30)35)27-14-28(40-33(37)20(3)4)17-29(15-27)41-34(38)21(5)6/h7-10,13-17,22H,1,3,5,11-12,18H2,2,4,6H3. The molecule has 1 atom stereocenters. The van der Waals surface area contributed by atoms with Crippen molar-refractivity contribution in [2.75, 3.05) is 6.61 Å². The van der Waals surface area contributed by atoms with Crippen molar-refractivity contribution >= 4 is 17.9 Å². The number of carbonyl (C=O) groups is 3. The van der Waals surface area contributed by atoms with Crippen LogP contribution in [0, 0.1) is 11.7 Å². The highest BCUT2D eigenvalue weighted by molar-refractivity contribution is 5.90. The van der Waals surface area contributed by atoms with Gasteiger partial charge in [-0.1, -0.05) is 50.1 Å². The highest BCUT2D eigenvalue weighted by Gasteiger charge is 2.24. The first-order chi connectivity index (χ1) is 19.4. The van der Waals surface area contributed by atoms with Crippen LogP contribution in [0.15, 0.2) is 91.1 Å². The first-order valence-corrected chi connectivity index (χ1v) is 13.1. The van der Waals surface area contributed by atoms with E-state index in [2.05, 4.69) is 19.7 Å². The summed E-state index contributed by atoms with van der Waals surface area (Å²) in [6.45, 7) is 15.7. The second-order valence-electron chi connectivity index (χ2n) is 10.4. The second-order valence-corrected chi connectivity index (χ2v) is 10.4. The summed E-state index contributed by atoms with van der Waals surface area (Å²) in [5.41, 5.74) is 5.13. The fraction of sp³-hybridized carbons (Fsp3) is 0.206. The molecule has 7 heteroatoms. The fourth-order valence-corrected chi connectivity index (χ4v) is 4.48. The first-order valence-electron chi connectivity index (χ1n) is 13.1. The monoisotopic (exact) mass is 554 g/mol. The van der Waals surface area contributed by atoms with Crippen molar-refractivity contribution in [2.45, 2.75) is 33.6 Å². The smallest absolute Gasteiger partial charge is 0.338 e. The Morgan fingerprint density at radius 2 is 1.27 bits per heavy atom. The van der Waals surface area contributed by atoms with E-state index < -0.39 is 23.7 Å². The molecule has 0 N–H and O–H groups in total. The molecule has 0 aromatic heterocycles. The summed E-state index contributed by atoms with van der Waals surface area (Å²) in [4.78, 5) is 36.0. The highest BCUT2D eigenvalue weighted by atomic mass is 19.1. The van der Waals surface area contributed by atoms with Gasteiger partial charge in [-0.15, -0.1) is 0 Å². The van der Waals surface area contributed by atoms with Gasteiger partial charge in [0.25, 0.3) is 0 Å². The third kappa shape index (κ3) is 7.06. The Hall–Kier alpha value is -4.78. The lowest BCUT2D eigenvalue weighted by Gasteiger charge is -2.12. The molecule has 0 fully saturated rings. The molecular weight excluding hydrogens is 523 g/mol. The van der Waals surface area contributed by atoms with Gasteiger partial charge in [-0.05, 0) is 79.6 Å². The minimum Gasteiger partial charge on any atom is -0.462 e. The maximum absolute atomic E-state index is 15.5. The lowest BCUT2D eigenvalue weighted by atomic mass is 9.97. The predicted octanol–water partition coefficient (Wildman–Crippen LogP) is 6.96. The predicted molar refractivity (Wildman–Crippen MR) is 155 cm³/mol. The first kappa shape index (κ1) is 29.2. The van der Waals surface area contributed by atoms with E-state index in [9.17, 15) is 14.4 Å². The summed E-state index contributed by atoms with van der Waals surface area (Å²) >= 11 is 0. The van der Waals surface area contributed by atoms with Crippen LogP contribution in [0.5, 0.6) is 11.5 Å². The molecule has 210 valence electrons. The van der Waals surface area contributed by atoms with Gasteiger partial charge in [0.2, 0.25) is 0 Å². The number of ether oxygens (including phenoxy) is 3. The Kier molecular flexibility index (Phi) is 8.67. The molecule has 0 bridgehead atoms. The molecule has 1 unspecified atom stereocenters. The van der Waals surface area contributed by atoms with Crippen molar-refractivity contribution in [2.24, 2.45) is 5.92 Å². The molecule has 1 aliphatic rings. The van der Waals surface area contributed by atoms with Crippen LogP contribution in [0.2, 0.25) is 0 Å². The lowest BCUT2D eigenvalue weighted by molar-refractivity contribution is -0.140. The average Bonchev–Trinajstić information content (AvgIpc) is 3.33. The number of fused-ring (bicyclic) bond motifs is 1. The zero-order chi connectivity index (χ0) is 29.8. The van der Waals surface area contributed by atoms with Crippen LogP contribution in [0.3, 0.4) is 0 Å². The van der Waals surface area contributed by atoms with Gasteiger partial charge in [0.05, 0.1) is 6.61 Å². The van der Waals surface area contributed by atoms with Crippen molar-refractivity contribution in [1.82, 2.24) is 0 Å². The van der Waals surface area contributed by atoms with Crippen LogP contribution >= 0.6 is 0 Å². The molecule has 1 aliphatic carbocycles. The van der Waals surface area contributed by atoms with E-state index >= 15 is 4.39 Å². The Labute approximate surface area is 238 Å². The van der Waals surface area contributed by atoms with Crippen LogP contribution in [-0.2, 0) is 32.0 Å². The molecule has 0 spiro atoms. The molecule has 0 saturated heterocycles. The van der Waals surface area contributed by atoms with Crippen LogP contribution in [0.25, 0.3) is 22.3 Å². The minimum atomic E-state index is -0.645. The highest BCUT2D eigenvalue weighted by Crippen LogP contribution is 2.35. The number of hydrogen-bond acceptors (Lipinski definition) is 6. The number of benzene rings is 3. The molecule has 41 heavy (non-hydrogen) atoms. The van der Waals surface area contributed by atoms with E-state index in [1.165, 1.54) is 26.0 Å². The van der Waals surface area contributed by atoms with Crippen molar-refractivity contribution in [1.29, 1.82) is 0 Å². The lowest BCUT2D eigenvalue weighted by Crippen LogP contribution is -2.14. The number of carbonyl (C=O) groups excluding carboxylic acids is 3. The Morgan fingerprint density at radius 1 is 0.707 bits per heavy atom. The molecular formula is C34H31FO6. The van der Waals surface area contributed by atoms with E-state index in [0.717, 1.165) is 29.5 Å². The topological polar surface area (TPSA) is 78.9 Å². The molecule has 4 rings (SSSR count). The Morgan fingerprint density at radius 3 is 1.83 bits per heavy atom. The molecule has 0 amide bonds. The summed E-state index contributed by atoms with van der Waals surface area (Å²) in [6, 6.07) is 15.2. The third-order valence-corrected chi connectivity index (χ3v) is 6.63.